The van der Waals surface area contributed by atoms with Gasteiger partial charge >= 0.3 is 0 Å². The molecule has 0 fully saturated rings. The van der Waals surface area contributed by atoms with Crippen LogP contribution >= 0.6 is 15.9 Å². The highest BCUT2D eigenvalue weighted by Gasteiger charge is 2.18. The number of benzene rings is 1. The number of aromatic nitrogens is 4. The lowest BCUT2D eigenvalue weighted by Crippen LogP contribution is -2.21. The van der Waals surface area contributed by atoms with Crippen LogP contribution in [0.15, 0.2) is 62.4 Å². The van der Waals surface area contributed by atoms with Crippen LogP contribution in [-0.4, -0.2) is 25.7 Å². The molecule has 0 bridgehead atoms. The van der Waals surface area contributed by atoms with Gasteiger partial charge in [0.05, 0.1) is 6.26 Å². The number of amides is 1. The molecule has 8 nitrogen and oxygen atoms in total. The maximum atomic E-state index is 12.8. The molecule has 9 heteroatoms. The van der Waals surface area contributed by atoms with Crippen molar-refractivity contribution in [3.63, 3.8) is 0 Å². The Morgan fingerprint density at radius 1 is 1.27 bits per heavy atom. The number of nitrogens with zero attached hydrogens (tertiary/aromatic N) is 3. The average molecular weight is 468 g/mol. The third kappa shape index (κ3) is 3.84. The number of nitrogens with one attached hydrogen (secondary N) is 2. The Balaban J connectivity index is 1.78. The van der Waals surface area contributed by atoms with Gasteiger partial charge in [-0.05, 0) is 49.7 Å². The first kappa shape index (κ1) is 19.8. The zero-order chi connectivity index (χ0) is 21.3. The molecule has 0 unspecified atom stereocenters. The van der Waals surface area contributed by atoms with Crippen LogP contribution < -0.4 is 10.9 Å². The number of furan rings is 1. The van der Waals surface area contributed by atoms with E-state index in [2.05, 4.69) is 36.3 Å². The predicted molar refractivity (Wildman–Crippen MR) is 116 cm³/mol. The Bertz CT molecular complexity index is 1260. The average Bonchev–Trinajstić information content (AvgIpc) is 3.38. The topological polar surface area (TPSA) is 106 Å². The summed E-state index contributed by atoms with van der Waals surface area (Å²) in [7, 11) is 0. The summed E-state index contributed by atoms with van der Waals surface area (Å²) in [6, 6.07) is 12.1. The number of H-pyrrole nitrogens is 1. The minimum absolute atomic E-state index is 0.207. The first-order chi connectivity index (χ1) is 14.5. The van der Waals surface area contributed by atoms with E-state index in [0.29, 0.717) is 40.5 Å². The molecule has 0 aliphatic rings. The highest BCUT2D eigenvalue weighted by atomic mass is 79.9. The van der Waals surface area contributed by atoms with Gasteiger partial charge in [-0.25, -0.2) is 4.98 Å². The molecule has 0 aliphatic heterocycles. The first-order valence-electron chi connectivity index (χ1n) is 9.27. The van der Waals surface area contributed by atoms with Crippen molar-refractivity contribution >= 4 is 27.7 Å². The van der Waals surface area contributed by atoms with Gasteiger partial charge in [0.15, 0.2) is 5.76 Å². The fourth-order valence-electron chi connectivity index (χ4n) is 3.08. The highest BCUT2D eigenvalue weighted by molar-refractivity contribution is 9.10. The molecule has 2 N–H and O–H groups in total. The van der Waals surface area contributed by atoms with Crippen molar-refractivity contribution in [2.24, 2.45) is 0 Å². The zero-order valence-corrected chi connectivity index (χ0v) is 17.9. The van der Waals surface area contributed by atoms with E-state index >= 15 is 0 Å². The van der Waals surface area contributed by atoms with Crippen LogP contribution in [0.25, 0.3) is 17.4 Å². The van der Waals surface area contributed by atoms with E-state index in [-0.39, 0.29) is 17.4 Å². The minimum atomic E-state index is -0.320. The predicted octanol–water partition coefficient (Wildman–Crippen LogP) is 4.10. The molecule has 0 saturated heterocycles. The maximum absolute atomic E-state index is 12.8. The van der Waals surface area contributed by atoms with Crippen molar-refractivity contribution in [2.45, 2.75) is 20.3 Å². The Morgan fingerprint density at radius 2 is 2.03 bits per heavy atom. The summed E-state index contributed by atoms with van der Waals surface area (Å²) in [5.41, 5.74) is 1.95. The van der Waals surface area contributed by atoms with E-state index in [1.165, 1.54) is 10.9 Å². The Hall–Kier alpha value is -3.46. The van der Waals surface area contributed by atoms with Gasteiger partial charge in [-0.15, -0.1) is 0 Å². The summed E-state index contributed by atoms with van der Waals surface area (Å²) in [6.07, 6.45) is 2.10. The molecule has 152 valence electrons. The molecule has 4 rings (SSSR count). The van der Waals surface area contributed by atoms with Crippen LogP contribution in [0.4, 0.5) is 5.82 Å². The number of anilines is 1. The monoisotopic (exact) mass is 467 g/mol. The normalized spacial score (nSPS) is 10.9. The van der Waals surface area contributed by atoms with Crippen LogP contribution in [0.1, 0.15) is 28.5 Å². The molecule has 4 aromatic rings. The molecule has 1 amide bonds. The van der Waals surface area contributed by atoms with Gasteiger partial charge in [-0.2, -0.15) is 9.78 Å². The van der Waals surface area contributed by atoms with Gasteiger partial charge in [0.2, 0.25) is 5.95 Å². The van der Waals surface area contributed by atoms with Gasteiger partial charge in [0.1, 0.15) is 11.5 Å². The SMILES string of the molecule is CCc1c(C)nc(-n2nc(-c3ccco3)cc2NC(=O)c2ccc(Br)cc2)[nH]c1=O. The number of carbonyl (C=O) groups is 1. The number of aryl methyl sites for hydroxylation is 1. The van der Waals surface area contributed by atoms with Crippen LogP contribution in [-0.2, 0) is 6.42 Å². The second-order valence-electron chi connectivity index (χ2n) is 6.57. The van der Waals surface area contributed by atoms with Crippen LogP contribution in [0.2, 0.25) is 0 Å². The van der Waals surface area contributed by atoms with Gasteiger partial charge in [0, 0.05) is 27.4 Å². The van der Waals surface area contributed by atoms with E-state index in [9.17, 15) is 9.59 Å². The molecule has 30 heavy (non-hydrogen) atoms. The van der Waals surface area contributed by atoms with Crippen molar-refractivity contribution in [2.75, 3.05) is 5.32 Å². The van der Waals surface area contributed by atoms with Crippen LogP contribution in [0.5, 0.6) is 0 Å². The van der Waals surface area contributed by atoms with Crippen LogP contribution in [0, 0.1) is 6.92 Å². The summed E-state index contributed by atoms with van der Waals surface area (Å²) >= 11 is 3.36. The van der Waals surface area contributed by atoms with E-state index in [4.69, 9.17) is 4.42 Å². The molecule has 3 heterocycles. The number of hydrogen-bond donors (Lipinski definition) is 2. The number of aromatic amines is 1. The zero-order valence-electron chi connectivity index (χ0n) is 16.3. The Kier molecular flexibility index (Phi) is 5.37. The van der Waals surface area contributed by atoms with Crippen LogP contribution in [0.3, 0.4) is 0 Å². The standard InChI is InChI=1S/C21H18BrN5O3/c1-3-15-12(2)23-21(25-20(15)29)27-18(11-16(26-27)17-5-4-10-30-17)24-19(28)13-6-8-14(22)9-7-13/h4-11H,3H2,1-2H3,(H,24,28)(H,23,25,29). The molecule has 0 spiro atoms. The summed E-state index contributed by atoms with van der Waals surface area (Å²) in [6.45, 7) is 3.67. The van der Waals surface area contributed by atoms with E-state index in [1.54, 1.807) is 49.4 Å². The fourth-order valence-corrected chi connectivity index (χ4v) is 3.34. The van der Waals surface area contributed by atoms with Crippen molar-refractivity contribution < 1.29 is 9.21 Å². The lowest BCUT2D eigenvalue weighted by atomic mass is 10.2. The molecule has 0 radical (unpaired) electrons. The Morgan fingerprint density at radius 3 is 2.67 bits per heavy atom. The number of halogens is 1. The van der Waals surface area contributed by atoms with Gasteiger partial charge in [-0.3, -0.25) is 14.6 Å². The van der Waals surface area contributed by atoms with E-state index in [0.717, 1.165) is 4.47 Å². The third-order valence-electron chi connectivity index (χ3n) is 4.59. The summed E-state index contributed by atoms with van der Waals surface area (Å²) in [5.74, 6) is 0.760. The Labute approximate surface area is 180 Å². The van der Waals surface area contributed by atoms with Crippen molar-refractivity contribution in [1.82, 2.24) is 19.7 Å². The summed E-state index contributed by atoms with van der Waals surface area (Å²) in [5, 5.41) is 7.33. The maximum Gasteiger partial charge on any atom is 0.256 e. The second kappa shape index (κ2) is 8.11. The lowest BCUT2D eigenvalue weighted by molar-refractivity contribution is 0.102. The number of rotatable bonds is 5. The molecule has 0 saturated carbocycles. The van der Waals surface area contributed by atoms with Gasteiger partial charge in [-0.1, -0.05) is 22.9 Å². The fraction of sp³-hybridized carbons (Fsp3) is 0.143. The number of carbonyl (C=O) groups excluding carboxylic acids is 1. The summed E-state index contributed by atoms with van der Waals surface area (Å²) < 4.78 is 7.69. The van der Waals surface area contributed by atoms with Gasteiger partial charge in [0.25, 0.3) is 11.5 Å². The molecular formula is C21H18BrN5O3. The molecule has 0 atom stereocenters. The molecule has 3 aromatic heterocycles. The van der Waals surface area contributed by atoms with Crippen molar-refractivity contribution in [3.05, 3.63) is 80.4 Å². The minimum Gasteiger partial charge on any atom is -0.463 e. The lowest BCUT2D eigenvalue weighted by Gasteiger charge is -2.10. The molecular weight excluding hydrogens is 450 g/mol. The van der Waals surface area contributed by atoms with E-state index < -0.39 is 0 Å². The molecule has 1 aromatic carbocycles. The molecule has 0 aliphatic carbocycles. The first-order valence-corrected chi connectivity index (χ1v) is 10.1. The third-order valence-corrected chi connectivity index (χ3v) is 5.12. The van der Waals surface area contributed by atoms with Gasteiger partial charge < -0.3 is 9.73 Å². The smallest absolute Gasteiger partial charge is 0.256 e. The van der Waals surface area contributed by atoms with E-state index in [1.807, 2.05) is 6.92 Å². The quantitative estimate of drug-likeness (QED) is 0.459. The van der Waals surface area contributed by atoms with Crippen molar-refractivity contribution in [1.29, 1.82) is 0 Å². The largest absolute Gasteiger partial charge is 0.463 e. The summed E-state index contributed by atoms with van der Waals surface area (Å²) in [4.78, 5) is 32.4. The second-order valence-corrected chi connectivity index (χ2v) is 7.49. The number of hydrogen-bond acceptors (Lipinski definition) is 5. The highest BCUT2D eigenvalue weighted by Crippen LogP contribution is 2.24. The van der Waals surface area contributed by atoms with Crippen molar-refractivity contribution in [3.8, 4) is 17.4 Å².